The van der Waals surface area contributed by atoms with Crippen molar-refractivity contribution in [2.24, 2.45) is 0 Å². The maximum absolute atomic E-state index is 5.87. The number of hydrogen-bond acceptors (Lipinski definition) is 3. The summed E-state index contributed by atoms with van der Waals surface area (Å²) in [6.07, 6.45) is 1.74. The third kappa shape index (κ3) is 2.88. The Morgan fingerprint density at radius 1 is 1.24 bits per heavy atom. The second-order valence-electron chi connectivity index (χ2n) is 3.90. The maximum Gasteiger partial charge on any atom is 0.151 e. The van der Waals surface area contributed by atoms with Crippen molar-refractivity contribution >= 4 is 23.1 Å². The van der Waals surface area contributed by atoms with Crippen LogP contribution in [0.3, 0.4) is 0 Å². The van der Waals surface area contributed by atoms with Gasteiger partial charge in [0.05, 0.1) is 5.69 Å². The summed E-state index contributed by atoms with van der Waals surface area (Å²) in [4.78, 5) is 6.28. The van der Waals surface area contributed by atoms with Crippen molar-refractivity contribution in [1.82, 2.24) is 4.98 Å². The fourth-order valence-corrected chi connectivity index (χ4v) is 1.79. The average molecular weight is 248 g/mol. The minimum atomic E-state index is 0.684. The molecule has 0 aliphatic heterocycles. The Morgan fingerprint density at radius 3 is 2.59 bits per heavy atom. The van der Waals surface area contributed by atoms with Crippen LogP contribution in [-0.2, 0) is 6.54 Å². The minimum Gasteiger partial charge on any atom is -0.396 e. The van der Waals surface area contributed by atoms with E-state index < -0.39 is 0 Å². The zero-order valence-corrected chi connectivity index (χ0v) is 10.4. The van der Waals surface area contributed by atoms with Crippen molar-refractivity contribution in [3.8, 4) is 0 Å². The van der Waals surface area contributed by atoms with Crippen LogP contribution >= 0.6 is 11.6 Å². The second-order valence-corrected chi connectivity index (χ2v) is 4.34. The van der Waals surface area contributed by atoms with Crippen molar-refractivity contribution in [2.75, 3.05) is 17.7 Å². The van der Waals surface area contributed by atoms with E-state index in [-0.39, 0.29) is 0 Å². The van der Waals surface area contributed by atoms with Gasteiger partial charge in [0.15, 0.2) is 5.82 Å². The van der Waals surface area contributed by atoms with E-state index in [1.807, 2.05) is 48.3 Å². The summed E-state index contributed by atoms with van der Waals surface area (Å²) >= 11 is 5.84. The van der Waals surface area contributed by atoms with Crippen molar-refractivity contribution in [3.63, 3.8) is 0 Å². The van der Waals surface area contributed by atoms with E-state index in [9.17, 15) is 0 Å². The predicted octanol–water partition coefficient (Wildman–Crippen LogP) is 2.95. The van der Waals surface area contributed by atoms with Gasteiger partial charge in [-0.1, -0.05) is 23.7 Å². The lowest BCUT2D eigenvalue weighted by molar-refractivity contribution is 0.900. The molecule has 3 nitrogen and oxygen atoms in total. The summed E-state index contributed by atoms with van der Waals surface area (Å²) in [5.41, 5.74) is 7.73. The topological polar surface area (TPSA) is 42.2 Å². The van der Waals surface area contributed by atoms with Gasteiger partial charge < -0.3 is 10.6 Å². The third-order valence-electron chi connectivity index (χ3n) is 2.51. The van der Waals surface area contributed by atoms with Gasteiger partial charge in [-0.25, -0.2) is 4.98 Å². The quantitative estimate of drug-likeness (QED) is 0.907. The van der Waals surface area contributed by atoms with Gasteiger partial charge in [-0.05, 0) is 29.8 Å². The first-order chi connectivity index (χ1) is 8.16. The molecule has 0 unspecified atom stereocenters. The molecule has 0 radical (unpaired) electrons. The Hall–Kier alpha value is -1.74. The second kappa shape index (κ2) is 5.06. The SMILES string of the molecule is CN(Cc1ccc(Cl)cc1)c1ncccc1N. The highest BCUT2D eigenvalue weighted by Gasteiger charge is 2.06. The molecule has 2 N–H and O–H groups in total. The van der Waals surface area contributed by atoms with Gasteiger partial charge in [0.1, 0.15) is 0 Å². The third-order valence-corrected chi connectivity index (χ3v) is 2.76. The van der Waals surface area contributed by atoms with E-state index in [2.05, 4.69) is 4.98 Å². The Balaban J connectivity index is 2.14. The average Bonchev–Trinajstić information content (AvgIpc) is 2.32. The van der Waals surface area contributed by atoms with E-state index in [0.717, 1.165) is 17.4 Å². The summed E-state index contributed by atoms with van der Waals surface area (Å²) in [5.74, 6) is 0.794. The number of aromatic nitrogens is 1. The van der Waals surface area contributed by atoms with Crippen LogP contribution in [0.4, 0.5) is 11.5 Å². The van der Waals surface area contributed by atoms with Gasteiger partial charge in [0, 0.05) is 24.8 Å². The zero-order valence-electron chi connectivity index (χ0n) is 9.60. The Kier molecular flexibility index (Phi) is 3.49. The lowest BCUT2D eigenvalue weighted by atomic mass is 10.2. The van der Waals surface area contributed by atoms with Crippen LogP contribution in [0.15, 0.2) is 42.6 Å². The van der Waals surface area contributed by atoms with Crippen molar-refractivity contribution < 1.29 is 0 Å². The number of nitrogens with two attached hydrogens (primary N) is 1. The molecule has 0 saturated heterocycles. The molecular formula is C13H14ClN3. The number of hydrogen-bond donors (Lipinski definition) is 1. The molecule has 2 rings (SSSR count). The molecule has 0 spiro atoms. The number of pyridine rings is 1. The number of nitrogen functional groups attached to an aromatic ring is 1. The molecule has 88 valence electrons. The highest BCUT2D eigenvalue weighted by Crippen LogP contribution is 2.20. The monoisotopic (exact) mass is 247 g/mol. The molecule has 1 aromatic heterocycles. The van der Waals surface area contributed by atoms with E-state index in [0.29, 0.717) is 5.69 Å². The molecule has 0 atom stereocenters. The zero-order chi connectivity index (χ0) is 12.3. The molecule has 0 aliphatic rings. The van der Waals surface area contributed by atoms with Gasteiger partial charge >= 0.3 is 0 Å². The van der Waals surface area contributed by atoms with Gasteiger partial charge in [0.25, 0.3) is 0 Å². The molecule has 0 aliphatic carbocycles. The molecule has 1 heterocycles. The predicted molar refractivity (Wildman–Crippen MR) is 72.2 cm³/mol. The first kappa shape index (κ1) is 11.7. The Labute approximate surface area is 106 Å². The maximum atomic E-state index is 5.87. The number of rotatable bonds is 3. The molecule has 1 aromatic carbocycles. The standard InChI is InChI=1S/C13H14ClN3/c1-17(13-12(15)3-2-8-16-13)9-10-4-6-11(14)7-5-10/h2-8H,9,15H2,1H3. The van der Waals surface area contributed by atoms with Crippen molar-refractivity contribution in [1.29, 1.82) is 0 Å². The van der Waals surface area contributed by atoms with Gasteiger partial charge in [0.2, 0.25) is 0 Å². The van der Waals surface area contributed by atoms with Gasteiger partial charge in [-0.3, -0.25) is 0 Å². The summed E-state index contributed by atoms with van der Waals surface area (Å²) < 4.78 is 0. The fourth-order valence-electron chi connectivity index (χ4n) is 1.67. The molecule has 0 bridgehead atoms. The normalized spacial score (nSPS) is 10.2. The van der Waals surface area contributed by atoms with Crippen LogP contribution in [-0.4, -0.2) is 12.0 Å². The summed E-state index contributed by atoms with van der Waals surface area (Å²) in [6, 6.07) is 11.4. The van der Waals surface area contributed by atoms with E-state index >= 15 is 0 Å². The lowest BCUT2D eigenvalue weighted by Crippen LogP contribution is -2.18. The molecule has 2 aromatic rings. The Morgan fingerprint density at radius 2 is 1.94 bits per heavy atom. The molecule has 0 fully saturated rings. The van der Waals surface area contributed by atoms with Crippen LogP contribution in [0.25, 0.3) is 0 Å². The van der Waals surface area contributed by atoms with Crippen LogP contribution < -0.4 is 10.6 Å². The van der Waals surface area contributed by atoms with E-state index in [4.69, 9.17) is 17.3 Å². The fraction of sp³-hybridized carbons (Fsp3) is 0.154. The highest BCUT2D eigenvalue weighted by molar-refractivity contribution is 6.30. The van der Waals surface area contributed by atoms with Gasteiger partial charge in [-0.2, -0.15) is 0 Å². The lowest BCUT2D eigenvalue weighted by Gasteiger charge is -2.19. The minimum absolute atomic E-state index is 0.684. The molecule has 17 heavy (non-hydrogen) atoms. The summed E-state index contributed by atoms with van der Waals surface area (Å²) in [5, 5.41) is 0.744. The molecule has 0 amide bonds. The number of halogens is 1. The number of anilines is 2. The number of benzene rings is 1. The smallest absolute Gasteiger partial charge is 0.151 e. The van der Waals surface area contributed by atoms with Crippen LogP contribution in [0.5, 0.6) is 0 Å². The van der Waals surface area contributed by atoms with Crippen LogP contribution in [0.1, 0.15) is 5.56 Å². The Bertz CT molecular complexity index is 496. The molecular weight excluding hydrogens is 234 g/mol. The summed E-state index contributed by atoms with van der Waals surface area (Å²) in [7, 11) is 1.97. The van der Waals surface area contributed by atoms with Crippen LogP contribution in [0.2, 0.25) is 5.02 Å². The van der Waals surface area contributed by atoms with Crippen molar-refractivity contribution in [3.05, 3.63) is 53.2 Å². The first-order valence-electron chi connectivity index (χ1n) is 5.33. The summed E-state index contributed by atoms with van der Waals surface area (Å²) in [6.45, 7) is 0.748. The van der Waals surface area contributed by atoms with Crippen LogP contribution in [0, 0.1) is 0 Å². The first-order valence-corrected chi connectivity index (χ1v) is 5.70. The van der Waals surface area contributed by atoms with E-state index in [1.165, 1.54) is 5.56 Å². The van der Waals surface area contributed by atoms with Crippen molar-refractivity contribution in [2.45, 2.75) is 6.54 Å². The highest BCUT2D eigenvalue weighted by atomic mass is 35.5. The number of nitrogens with zero attached hydrogens (tertiary/aromatic N) is 2. The molecule has 0 saturated carbocycles. The molecule has 4 heteroatoms. The van der Waals surface area contributed by atoms with Gasteiger partial charge in [-0.15, -0.1) is 0 Å². The largest absolute Gasteiger partial charge is 0.396 e. The van der Waals surface area contributed by atoms with E-state index in [1.54, 1.807) is 6.20 Å².